The van der Waals surface area contributed by atoms with Crippen molar-refractivity contribution in [3.05, 3.63) is 11.6 Å². The van der Waals surface area contributed by atoms with Gasteiger partial charge in [-0.15, -0.1) is 0 Å². The number of hydrogen-bond acceptors (Lipinski definition) is 1. The summed E-state index contributed by atoms with van der Waals surface area (Å²) in [6, 6.07) is 0. The highest BCUT2D eigenvalue weighted by atomic mass is 16.1. The molecule has 0 N–H and O–H groups in total. The van der Waals surface area contributed by atoms with Crippen molar-refractivity contribution in [2.45, 2.75) is 155 Å². The second kappa shape index (κ2) is 9.20. The summed E-state index contributed by atoms with van der Waals surface area (Å²) in [5.74, 6) is 6.45. The van der Waals surface area contributed by atoms with Crippen LogP contribution in [-0.2, 0) is 4.79 Å². The molecule has 1 nitrogen and oxygen atoms in total. The molecule has 0 saturated heterocycles. The smallest absolute Gasteiger partial charge is 0.159 e. The van der Waals surface area contributed by atoms with Crippen LogP contribution >= 0.6 is 0 Å². The van der Waals surface area contributed by atoms with Gasteiger partial charge in [-0.2, -0.15) is 0 Å². The van der Waals surface area contributed by atoms with Gasteiger partial charge in [0.2, 0.25) is 0 Å². The first-order valence-corrected chi connectivity index (χ1v) is 18.1. The lowest BCUT2D eigenvalue weighted by Crippen LogP contribution is -2.53. The Balaban J connectivity index is 1.03. The van der Waals surface area contributed by atoms with E-state index in [2.05, 4.69) is 19.9 Å². The van der Waals surface area contributed by atoms with Gasteiger partial charge in [-0.3, -0.25) is 4.79 Å². The Morgan fingerprint density at radius 2 is 1.36 bits per heavy atom. The van der Waals surface area contributed by atoms with Crippen LogP contribution in [0.15, 0.2) is 11.6 Å². The highest BCUT2D eigenvalue weighted by molar-refractivity contribution is 5.94. The minimum Gasteiger partial charge on any atom is -0.295 e. The minimum atomic E-state index is 0.341. The Morgan fingerprint density at radius 1 is 0.641 bits per heavy atom. The number of ketones is 1. The molecule has 8 aliphatic carbocycles. The lowest BCUT2D eigenvalue weighted by Gasteiger charge is -2.61. The second-order valence-corrected chi connectivity index (χ2v) is 17.4. The summed E-state index contributed by atoms with van der Waals surface area (Å²) in [6.07, 6.45) is 34.3. The van der Waals surface area contributed by atoms with Crippen molar-refractivity contribution in [1.29, 1.82) is 0 Å². The molecule has 7 saturated carbocycles. The van der Waals surface area contributed by atoms with Crippen molar-refractivity contribution < 1.29 is 4.79 Å². The third-order valence-electron chi connectivity index (χ3n) is 16.6. The first-order chi connectivity index (χ1) is 18.9. The Morgan fingerprint density at radius 3 is 2.18 bits per heavy atom. The summed E-state index contributed by atoms with van der Waals surface area (Å²) >= 11 is 0. The van der Waals surface area contributed by atoms with Gasteiger partial charge in [-0.1, -0.05) is 51.5 Å². The zero-order valence-corrected chi connectivity index (χ0v) is 25.6. The summed E-state index contributed by atoms with van der Waals surface area (Å²) in [7, 11) is 0. The summed E-state index contributed by atoms with van der Waals surface area (Å²) in [6.45, 7) is 5.33. The molecule has 0 heterocycles. The van der Waals surface area contributed by atoms with Crippen molar-refractivity contribution in [2.75, 3.05) is 0 Å². The minimum absolute atomic E-state index is 0.341. The molecule has 0 aromatic heterocycles. The molecule has 0 radical (unpaired) electrons. The largest absolute Gasteiger partial charge is 0.295 e. The molecule has 39 heavy (non-hydrogen) atoms. The maximum absolute atomic E-state index is 13.8. The highest BCUT2D eigenvalue weighted by Gasteiger charge is 2.62. The van der Waals surface area contributed by atoms with Crippen molar-refractivity contribution in [2.24, 2.45) is 63.1 Å². The van der Waals surface area contributed by atoms with Gasteiger partial charge in [0, 0.05) is 5.92 Å². The molecule has 1 unspecified atom stereocenters. The molecule has 8 aliphatic rings. The molecule has 0 aromatic carbocycles. The monoisotopic (exact) mass is 530 g/mol. The number of hydrogen-bond donors (Lipinski definition) is 0. The molecule has 0 aromatic rings. The second-order valence-electron chi connectivity index (χ2n) is 17.4. The summed E-state index contributed by atoms with van der Waals surface area (Å²) in [5.41, 5.74) is 3.73. The fourth-order valence-electron chi connectivity index (χ4n) is 14.7. The number of carbonyl (C=O) groups excluding carboxylic acids is 1. The fraction of sp³-hybridized carbons (Fsp3) is 0.921. The van der Waals surface area contributed by atoms with E-state index in [9.17, 15) is 4.79 Å². The van der Waals surface area contributed by atoms with Crippen LogP contribution in [0.1, 0.15) is 155 Å². The van der Waals surface area contributed by atoms with E-state index in [1.807, 2.05) is 0 Å². The molecule has 8 rings (SSSR count). The van der Waals surface area contributed by atoms with Gasteiger partial charge in [0.1, 0.15) is 0 Å². The number of carbonyl (C=O) groups is 1. The maximum Gasteiger partial charge on any atom is 0.159 e. The van der Waals surface area contributed by atoms with E-state index in [1.165, 1.54) is 109 Å². The molecule has 11 atom stereocenters. The van der Waals surface area contributed by atoms with Crippen LogP contribution < -0.4 is 0 Å². The van der Waals surface area contributed by atoms with E-state index in [-0.39, 0.29) is 0 Å². The average molecular weight is 531 g/mol. The standard InChI is InChI=1S/C38H58O/c1-35-17-5-3-9-26(35)13-14-28-29(35)15-21-37(19-7-11-30(28)37)23-24-38-20-8-12-32(38)34-31(16-22-38)36(2)18-6-4-10-27(36)25-33(34)39/h25-26,28-32,34H,3-24H2,1-2H3/t26?,28-,29+,30+,31+,32+,34-,35+,36+,37+,38+/m1/s1. The lowest BCUT2D eigenvalue weighted by molar-refractivity contribution is -0.135. The fourth-order valence-corrected chi connectivity index (χ4v) is 14.7. The summed E-state index contributed by atoms with van der Waals surface area (Å²) < 4.78 is 0. The molecule has 0 bridgehead atoms. The van der Waals surface area contributed by atoms with Crippen LogP contribution in [0.3, 0.4) is 0 Å². The van der Waals surface area contributed by atoms with E-state index in [0.717, 1.165) is 23.7 Å². The topological polar surface area (TPSA) is 17.1 Å². The van der Waals surface area contributed by atoms with Crippen molar-refractivity contribution >= 4 is 5.78 Å². The van der Waals surface area contributed by atoms with Crippen LogP contribution in [0, 0.1) is 63.1 Å². The van der Waals surface area contributed by atoms with Gasteiger partial charge in [0.05, 0.1) is 0 Å². The van der Waals surface area contributed by atoms with Crippen LogP contribution in [0.2, 0.25) is 0 Å². The van der Waals surface area contributed by atoms with Crippen LogP contribution in [0.5, 0.6) is 0 Å². The SMILES string of the molecule is C[C@]12CCCCC1=CC(=O)[C@H]1[C@@H]3CCC[C@@]3(CC[C@@]34CCC[C@H]3[C@@H]3CCC5CCCC[C@]5(C)[C@H]3CC4)CC[C@@H]12. The predicted octanol–water partition coefficient (Wildman–Crippen LogP) is 10.5. The zero-order chi connectivity index (χ0) is 26.5. The molecule has 0 amide bonds. The molecule has 1 heteroatoms. The first-order valence-electron chi connectivity index (χ1n) is 18.1. The first kappa shape index (κ1) is 26.1. The number of rotatable bonds is 3. The predicted molar refractivity (Wildman–Crippen MR) is 160 cm³/mol. The van der Waals surface area contributed by atoms with Crippen LogP contribution in [-0.4, -0.2) is 5.78 Å². The van der Waals surface area contributed by atoms with E-state index in [4.69, 9.17) is 0 Å². The van der Waals surface area contributed by atoms with Crippen LogP contribution in [0.4, 0.5) is 0 Å². The number of fused-ring (bicyclic) bond motifs is 10. The average Bonchev–Trinajstić information content (AvgIpc) is 3.57. The van der Waals surface area contributed by atoms with Crippen molar-refractivity contribution in [3.63, 3.8) is 0 Å². The maximum atomic E-state index is 13.8. The van der Waals surface area contributed by atoms with Gasteiger partial charge < -0.3 is 0 Å². The zero-order valence-electron chi connectivity index (χ0n) is 25.6. The van der Waals surface area contributed by atoms with Gasteiger partial charge >= 0.3 is 0 Å². The Kier molecular flexibility index (Phi) is 6.15. The third-order valence-corrected chi connectivity index (χ3v) is 16.6. The molecule has 7 fully saturated rings. The van der Waals surface area contributed by atoms with Crippen LogP contribution in [0.25, 0.3) is 0 Å². The van der Waals surface area contributed by atoms with E-state index < -0.39 is 0 Å². The van der Waals surface area contributed by atoms with Gasteiger partial charge in [0.15, 0.2) is 5.78 Å². The molecule has 0 spiro atoms. The quantitative estimate of drug-likeness (QED) is 0.355. The van der Waals surface area contributed by atoms with E-state index in [0.29, 0.717) is 45.2 Å². The Bertz CT molecular complexity index is 1020. The molecule has 0 aliphatic heterocycles. The molecular weight excluding hydrogens is 472 g/mol. The Hall–Kier alpha value is -0.590. The Labute approximate surface area is 240 Å². The normalized spacial score (nSPS) is 54.5. The lowest BCUT2D eigenvalue weighted by atomic mass is 9.44. The molecular formula is C38H58O. The van der Waals surface area contributed by atoms with Crippen molar-refractivity contribution in [3.8, 4) is 0 Å². The van der Waals surface area contributed by atoms with E-state index >= 15 is 0 Å². The molecule has 216 valence electrons. The summed E-state index contributed by atoms with van der Waals surface area (Å²) in [4.78, 5) is 13.8. The van der Waals surface area contributed by atoms with Gasteiger partial charge in [-0.25, -0.2) is 0 Å². The van der Waals surface area contributed by atoms with Crippen molar-refractivity contribution in [1.82, 2.24) is 0 Å². The van der Waals surface area contributed by atoms with Gasteiger partial charge in [-0.05, 0) is 172 Å². The summed E-state index contributed by atoms with van der Waals surface area (Å²) in [5, 5.41) is 0. The number of allylic oxidation sites excluding steroid dienone is 2. The van der Waals surface area contributed by atoms with E-state index in [1.54, 1.807) is 37.7 Å². The highest BCUT2D eigenvalue weighted by Crippen LogP contribution is 2.70. The van der Waals surface area contributed by atoms with Gasteiger partial charge in [0.25, 0.3) is 0 Å². The third kappa shape index (κ3) is 3.65.